The smallest absolute Gasteiger partial charge is 0.243 e. The minimum Gasteiger partial charge on any atom is -0.347 e. The van der Waals surface area contributed by atoms with Crippen LogP contribution in [0.5, 0.6) is 0 Å². The lowest BCUT2D eigenvalue weighted by molar-refractivity contribution is 0.427. The number of nitrogens with zero attached hydrogens (tertiary/aromatic N) is 1. The van der Waals surface area contributed by atoms with Crippen molar-refractivity contribution >= 4 is 33.3 Å². The van der Waals surface area contributed by atoms with Crippen molar-refractivity contribution in [3.8, 4) is 0 Å². The number of sulfonamides is 1. The van der Waals surface area contributed by atoms with Gasteiger partial charge in [-0.15, -0.1) is 12.4 Å². The van der Waals surface area contributed by atoms with E-state index < -0.39 is 10.0 Å². The summed E-state index contributed by atoms with van der Waals surface area (Å²) in [6, 6.07) is 7.66. The molecule has 0 bridgehead atoms. The highest BCUT2D eigenvalue weighted by Gasteiger charge is 2.27. The fourth-order valence-corrected chi connectivity index (χ4v) is 4.82. The number of fused-ring (bicyclic) bond motifs is 1. The topological polar surface area (TPSA) is 63.1 Å². The van der Waals surface area contributed by atoms with E-state index in [2.05, 4.69) is 10.0 Å². The number of benzene rings is 1. The van der Waals surface area contributed by atoms with Crippen LogP contribution in [0.15, 0.2) is 29.2 Å². The average Bonchev–Trinajstić information content (AvgIpc) is 2.72. The van der Waals surface area contributed by atoms with Crippen molar-refractivity contribution in [2.45, 2.75) is 30.7 Å². The van der Waals surface area contributed by atoms with Crippen molar-refractivity contribution in [3.05, 3.63) is 30.0 Å². The molecule has 1 aromatic carbocycles. The molecule has 0 unspecified atom stereocenters. The van der Waals surface area contributed by atoms with Crippen molar-refractivity contribution in [2.24, 2.45) is 7.05 Å². The Morgan fingerprint density at radius 2 is 1.86 bits per heavy atom. The Kier molecular flexibility index (Phi) is 5.17. The van der Waals surface area contributed by atoms with Crippen LogP contribution in [0.3, 0.4) is 0 Å². The molecule has 1 fully saturated rings. The number of para-hydroxylation sites is 1. The second kappa shape index (κ2) is 6.58. The van der Waals surface area contributed by atoms with Gasteiger partial charge in [0.2, 0.25) is 10.0 Å². The van der Waals surface area contributed by atoms with Crippen molar-refractivity contribution < 1.29 is 8.42 Å². The molecular weight excluding hydrogens is 322 g/mol. The van der Waals surface area contributed by atoms with E-state index in [0.29, 0.717) is 4.90 Å². The number of aryl methyl sites for hydroxylation is 1. The van der Waals surface area contributed by atoms with Crippen LogP contribution in [0.4, 0.5) is 0 Å². The van der Waals surface area contributed by atoms with Gasteiger partial charge in [0.25, 0.3) is 0 Å². The lowest BCUT2D eigenvalue weighted by Crippen LogP contribution is -2.42. The monoisotopic (exact) mass is 343 g/mol. The zero-order valence-electron chi connectivity index (χ0n) is 12.8. The first-order valence-corrected chi connectivity index (χ1v) is 8.76. The third kappa shape index (κ3) is 3.01. The lowest BCUT2D eigenvalue weighted by atomic mass is 10.1. The zero-order valence-corrected chi connectivity index (χ0v) is 14.4. The third-order valence-corrected chi connectivity index (χ3v) is 5.97. The summed E-state index contributed by atoms with van der Waals surface area (Å²) in [7, 11) is -1.59. The molecule has 2 heterocycles. The summed E-state index contributed by atoms with van der Waals surface area (Å²) in [6.45, 7) is 3.58. The third-order valence-electron chi connectivity index (χ3n) is 4.27. The van der Waals surface area contributed by atoms with Gasteiger partial charge in [0, 0.05) is 29.7 Å². The summed E-state index contributed by atoms with van der Waals surface area (Å²) in [5.41, 5.74) is 1.72. The molecular formula is C15H22ClN3O2S. The maximum absolute atomic E-state index is 12.8. The van der Waals surface area contributed by atoms with Gasteiger partial charge in [0.05, 0.1) is 0 Å². The van der Waals surface area contributed by atoms with Gasteiger partial charge in [-0.2, -0.15) is 0 Å². The molecule has 7 heteroatoms. The molecule has 5 nitrogen and oxygen atoms in total. The fraction of sp³-hybridized carbons (Fsp3) is 0.467. The van der Waals surface area contributed by atoms with Crippen LogP contribution in [-0.2, 0) is 17.1 Å². The molecule has 0 amide bonds. The van der Waals surface area contributed by atoms with Gasteiger partial charge >= 0.3 is 0 Å². The quantitative estimate of drug-likeness (QED) is 0.895. The van der Waals surface area contributed by atoms with Crippen molar-refractivity contribution in [2.75, 3.05) is 13.1 Å². The Bertz CT molecular complexity index is 764. The molecule has 1 aromatic heterocycles. The van der Waals surface area contributed by atoms with Gasteiger partial charge in [-0.25, -0.2) is 13.1 Å². The maximum atomic E-state index is 12.8. The number of hydrogen-bond donors (Lipinski definition) is 2. The van der Waals surface area contributed by atoms with Gasteiger partial charge < -0.3 is 9.88 Å². The first kappa shape index (κ1) is 17.3. The van der Waals surface area contributed by atoms with E-state index in [1.165, 1.54) is 0 Å². The van der Waals surface area contributed by atoms with Crippen molar-refractivity contribution in [1.29, 1.82) is 0 Å². The molecule has 3 rings (SSSR count). The minimum atomic E-state index is -3.49. The zero-order chi connectivity index (χ0) is 15.0. The normalized spacial score (nSPS) is 16.6. The standard InChI is InChI=1S/C15H21N3O2S.ClH/c1-11-15(13-5-3-4-6-14(13)18(11)2)21(19,20)17-12-7-9-16-10-8-12;/h3-6,12,16-17H,7-10H2,1-2H3;1H. The molecule has 2 N–H and O–H groups in total. The Morgan fingerprint density at radius 3 is 2.55 bits per heavy atom. The Labute approximate surface area is 137 Å². The first-order chi connectivity index (χ1) is 10.0. The molecule has 22 heavy (non-hydrogen) atoms. The van der Waals surface area contributed by atoms with Gasteiger partial charge in [0.1, 0.15) is 4.90 Å². The first-order valence-electron chi connectivity index (χ1n) is 7.28. The molecule has 1 aliphatic rings. The van der Waals surface area contributed by atoms with Crippen LogP contribution < -0.4 is 10.0 Å². The second-order valence-electron chi connectivity index (χ2n) is 5.64. The Hall–Kier alpha value is -1.08. The van der Waals surface area contributed by atoms with E-state index in [0.717, 1.165) is 42.5 Å². The van der Waals surface area contributed by atoms with E-state index in [4.69, 9.17) is 0 Å². The Morgan fingerprint density at radius 1 is 1.23 bits per heavy atom. The summed E-state index contributed by atoms with van der Waals surface area (Å²) in [5.74, 6) is 0. The summed E-state index contributed by atoms with van der Waals surface area (Å²) < 4.78 is 30.4. The van der Waals surface area contributed by atoms with Crippen LogP contribution in [0.2, 0.25) is 0 Å². The summed E-state index contributed by atoms with van der Waals surface area (Å²) in [4.78, 5) is 0.416. The molecule has 122 valence electrons. The number of aromatic nitrogens is 1. The molecule has 0 saturated carbocycles. The molecule has 0 aliphatic carbocycles. The van der Waals surface area contributed by atoms with Crippen LogP contribution in [0, 0.1) is 6.92 Å². The second-order valence-corrected chi connectivity index (χ2v) is 7.29. The highest BCUT2D eigenvalue weighted by atomic mass is 35.5. The van der Waals surface area contributed by atoms with Gasteiger partial charge in [-0.1, -0.05) is 18.2 Å². The van der Waals surface area contributed by atoms with Crippen LogP contribution in [0.25, 0.3) is 10.9 Å². The lowest BCUT2D eigenvalue weighted by Gasteiger charge is -2.23. The van der Waals surface area contributed by atoms with Gasteiger partial charge in [-0.3, -0.25) is 0 Å². The van der Waals surface area contributed by atoms with E-state index in [1.54, 1.807) is 0 Å². The van der Waals surface area contributed by atoms with Crippen LogP contribution in [-0.4, -0.2) is 32.1 Å². The molecule has 2 aromatic rings. The van der Waals surface area contributed by atoms with Crippen molar-refractivity contribution in [1.82, 2.24) is 14.6 Å². The van der Waals surface area contributed by atoms with Crippen molar-refractivity contribution in [3.63, 3.8) is 0 Å². The SMILES string of the molecule is Cc1c(S(=O)(=O)NC2CCNCC2)c2ccccc2n1C.Cl. The molecule has 1 aliphatic heterocycles. The number of halogens is 1. The average molecular weight is 344 g/mol. The van der Waals surface area contributed by atoms with E-state index in [-0.39, 0.29) is 18.4 Å². The van der Waals surface area contributed by atoms with E-state index in [1.807, 2.05) is 42.8 Å². The maximum Gasteiger partial charge on any atom is 0.243 e. The number of piperidine rings is 1. The van der Waals surface area contributed by atoms with E-state index in [9.17, 15) is 8.42 Å². The molecule has 0 spiro atoms. The molecule has 0 radical (unpaired) electrons. The highest BCUT2D eigenvalue weighted by Crippen LogP contribution is 2.29. The highest BCUT2D eigenvalue weighted by molar-refractivity contribution is 7.89. The van der Waals surface area contributed by atoms with E-state index >= 15 is 0 Å². The summed E-state index contributed by atoms with van der Waals surface area (Å²) >= 11 is 0. The van der Waals surface area contributed by atoms with Crippen LogP contribution >= 0.6 is 12.4 Å². The predicted molar refractivity (Wildman–Crippen MR) is 91.1 cm³/mol. The fourth-order valence-electron chi connectivity index (χ4n) is 3.04. The van der Waals surface area contributed by atoms with Gasteiger partial charge in [0.15, 0.2) is 0 Å². The summed E-state index contributed by atoms with van der Waals surface area (Å²) in [5, 5.41) is 4.04. The minimum absolute atomic E-state index is 0. The summed E-state index contributed by atoms with van der Waals surface area (Å²) in [6.07, 6.45) is 1.67. The number of rotatable bonds is 3. The largest absolute Gasteiger partial charge is 0.347 e. The predicted octanol–water partition coefficient (Wildman–Crippen LogP) is 1.94. The molecule has 0 atom stereocenters. The molecule has 1 saturated heterocycles. The number of nitrogens with one attached hydrogen (secondary N) is 2. The van der Waals surface area contributed by atoms with Crippen LogP contribution in [0.1, 0.15) is 18.5 Å². The Balaban J connectivity index is 0.00000176. The van der Waals surface area contributed by atoms with Gasteiger partial charge in [-0.05, 0) is 38.9 Å². The number of hydrogen-bond acceptors (Lipinski definition) is 3.